The van der Waals surface area contributed by atoms with Gasteiger partial charge in [0.1, 0.15) is 12.7 Å². The van der Waals surface area contributed by atoms with Crippen molar-refractivity contribution in [3.05, 3.63) is 60.8 Å². The van der Waals surface area contributed by atoms with E-state index < -0.39 is 57.9 Å². The molecule has 57 heavy (non-hydrogen) atoms. The van der Waals surface area contributed by atoms with E-state index in [0.29, 0.717) is 19.3 Å². The lowest BCUT2D eigenvalue weighted by Gasteiger charge is -2.20. The monoisotopic (exact) mass is 827 g/mol. The lowest BCUT2D eigenvalue weighted by molar-refractivity contribution is -0.161. The van der Waals surface area contributed by atoms with Crippen molar-refractivity contribution in [3.63, 3.8) is 0 Å². The Morgan fingerprint density at radius 1 is 0.614 bits per heavy atom. The van der Waals surface area contributed by atoms with Gasteiger partial charge >= 0.3 is 19.8 Å². The third kappa shape index (κ3) is 40.2. The van der Waals surface area contributed by atoms with Gasteiger partial charge in [0.05, 0.1) is 25.9 Å². The van der Waals surface area contributed by atoms with Gasteiger partial charge in [-0.25, -0.2) is 4.57 Å². The number of phosphoric ester groups is 1. The molecule has 4 atom stereocenters. The normalized spacial score (nSPS) is 15.1. The van der Waals surface area contributed by atoms with Crippen molar-refractivity contribution in [2.24, 2.45) is 5.92 Å². The fourth-order valence-corrected chi connectivity index (χ4v) is 6.41. The van der Waals surface area contributed by atoms with Gasteiger partial charge in [-0.3, -0.25) is 18.6 Å². The zero-order valence-electron chi connectivity index (χ0n) is 35.6. The number of aliphatic hydroxyl groups is 3. The lowest BCUT2D eigenvalue weighted by Crippen LogP contribution is -2.30. The summed E-state index contributed by atoms with van der Waals surface area (Å²) >= 11 is 0. The summed E-state index contributed by atoms with van der Waals surface area (Å²) in [6.45, 7) is 4.36. The van der Waals surface area contributed by atoms with Crippen molar-refractivity contribution in [1.82, 2.24) is 0 Å². The SMILES string of the molecule is CC/C=C\C/C=C\C/C=C\C/C=C\C=C\C(O)CCCC(=O)O[C@H](COC(=O)CCCCCCCCCCCCCCCC(C)C)COP(=O)(O)OC[C@@H](O)CO. The minimum absolute atomic E-state index is 0.0478. The van der Waals surface area contributed by atoms with E-state index in [1.54, 1.807) is 12.2 Å². The smallest absolute Gasteiger partial charge is 0.462 e. The average Bonchev–Trinajstić information content (AvgIpc) is 3.18. The van der Waals surface area contributed by atoms with Gasteiger partial charge in [0.2, 0.25) is 0 Å². The zero-order valence-corrected chi connectivity index (χ0v) is 36.5. The molecule has 0 spiro atoms. The number of allylic oxidation sites excluding steroid dienone is 9. The van der Waals surface area contributed by atoms with Gasteiger partial charge in [0, 0.05) is 12.8 Å². The first-order chi connectivity index (χ1) is 27.5. The number of phosphoric acid groups is 1. The Labute approximate surface area is 345 Å². The van der Waals surface area contributed by atoms with E-state index in [-0.39, 0.29) is 19.4 Å². The summed E-state index contributed by atoms with van der Waals surface area (Å²) in [7, 11) is -4.67. The van der Waals surface area contributed by atoms with Crippen LogP contribution in [0.3, 0.4) is 0 Å². The van der Waals surface area contributed by atoms with E-state index >= 15 is 0 Å². The van der Waals surface area contributed by atoms with Crippen LogP contribution in [0, 0.1) is 5.92 Å². The highest BCUT2D eigenvalue weighted by Crippen LogP contribution is 2.43. The summed E-state index contributed by atoms with van der Waals surface area (Å²) in [6.07, 6.45) is 37.9. The Balaban J connectivity index is 4.49. The van der Waals surface area contributed by atoms with Crippen molar-refractivity contribution in [2.45, 2.75) is 180 Å². The molecule has 11 nitrogen and oxygen atoms in total. The topological polar surface area (TPSA) is 169 Å². The summed E-state index contributed by atoms with van der Waals surface area (Å²) in [4.78, 5) is 35.0. The van der Waals surface area contributed by atoms with Crippen molar-refractivity contribution in [1.29, 1.82) is 0 Å². The van der Waals surface area contributed by atoms with Crippen LogP contribution in [-0.2, 0) is 32.7 Å². The number of carbonyl (C=O) groups excluding carboxylic acids is 2. The highest BCUT2D eigenvalue weighted by atomic mass is 31.2. The second kappa shape index (κ2) is 39.1. The number of ether oxygens (including phenoxy) is 2. The van der Waals surface area contributed by atoms with Gasteiger partial charge < -0.3 is 29.7 Å². The van der Waals surface area contributed by atoms with E-state index in [4.69, 9.17) is 19.1 Å². The van der Waals surface area contributed by atoms with E-state index in [2.05, 4.69) is 61.8 Å². The summed E-state index contributed by atoms with van der Waals surface area (Å²) in [6, 6.07) is 0. The predicted molar refractivity (Wildman–Crippen MR) is 229 cm³/mol. The number of unbranched alkanes of at least 4 members (excludes halogenated alkanes) is 12. The van der Waals surface area contributed by atoms with Crippen LogP contribution in [0.25, 0.3) is 0 Å². The maximum Gasteiger partial charge on any atom is 0.472 e. The fourth-order valence-electron chi connectivity index (χ4n) is 5.62. The van der Waals surface area contributed by atoms with E-state index in [9.17, 15) is 29.3 Å². The van der Waals surface area contributed by atoms with Crippen molar-refractivity contribution >= 4 is 19.8 Å². The minimum Gasteiger partial charge on any atom is -0.462 e. The standard InChI is InChI=1S/C45H79O11P/c1-4-5-6-7-8-9-10-12-16-19-22-25-28-32-41(47)33-30-35-45(50)56-43(39-55-57(51,52)54-37-42(48)36-46)38-53-44(49)34-29-26-23-20-17-14-11-13-15-18-21-24-27-31-40(2)3/h5-6,8-9,12,16,22,25,28,32,40-43,46-48H,4,7,10-11,13-15,17-21,23-24,26-27,29-31,33-39H2,1-3H3,(H,51,52)/b6-5-,9-8-,16-12-,25-22-,32-28+/t41?,42-,43+/m0/s1. The second-order valence-electron chi connectivity index (χ2n) is 15.0. The zero-order chi connectivity index (χ0) is 42.2. The van der Waals surface area contributed by atoms with Gasteiger partial charge in [-0.1, -0.05) is 165 Å². The summed E-state index contributed by atoms with van der Waals surface area (Å²) in [5, 5.41) is 28.6. The van der Waals surface area contributed by atoms with Crippen LogP contribution in [0.1, 0.15) is 162 Å². The molecule has 0 aromatic carbocycles. The first kappa shape index (κ1) is 54.6. The average molecular weight is 827 g/mol. The number of esters is 2. The first-order valence-corrected chi connectivity index (χ1v) is 23.2. The molecule has 0 heterocycles. The summed E-state index contributed by atoms with van der Waals surface area (Å²) in [5.41, 5.74) is 0. The lowest BCUT2D eigenvalue weighted by atomic mass is 10.0. The molecule has 0 bridgehead atoms. The Morgan fingerprint density at radius 3 is 1.68 bits per heavy atom. The van der Waals surface area contributed by atoms with Crippen molar-refractivity contribution in [3.8, 4) is 0 Å². The molecule has 2 unspecified atom stereocenters. The maximum atomic E-state index is 12.6. The molecule has 0 aromatic rings. The first-order valence-electron chi connectivity index (χ1n) is 21.7. The molecule has 12 heteroatoms. The number of rotatable bonds is 39. The molecule has 0 aliphatic carbocycles. The van der Waals surface area contributed by atoms with Crippen LogP contribution in [0.4, 0.5) is 0 Å². The van der Waals surface area contributed by atoms with Crippen LogP contribution in [0.5, 0.6) is 0 Å². The van der Waals surface area contributed by atoms with Gasteiger partial charge in [0.15, 0.2) is 6.10 Å². The quantitative estimate of drug-likeness (QED) is 0.0153. The van der Waals surface area contributed by atoms with Crippen LogP contribution in [0.15, 0.2) is 60.8 Å². The highest BCUT2D eigenvalue weighted by molar-refractivity contribution is 7.47. The van der Waals surface area contributed by atoms with Crippen molar-refractivity contribution in [2.75, 3.05) is 26.4 Å². The molecule has 0 amide bonds. The van der Waals surface area contributed by atoms with Gasteiger partial charge in [-0.15, -0.1) is 0 Å². The van der Waals surface area contributed by atoms with Crippen LogP contribution in [-0.4, -0.2) is 76.9 Å². The minimum atomic E-state index is -4.67. The van der Waals surface area contributed by atoms with Crippen LogP contribution in [0.2, 0.25) is 0 Å². The Hall–Kier alpha value is -2.37. The molecule has 0 saturated carbocycles. The molecular weight excluding hydrogens is 747 g/mol. The van der Waals surface area contributed by atoms with E-state index in [1.165, 1.54) is 64.2 Å². The Bertz CT molecular complexity index is 1160. The van der Waals surface area contributed by atoms with Crippen molar-refractivity contribution < 1.29 is 52.9 Å². The predicted octanol–water partition coefficient (Wildman–Crippen LogP) is 10.3. The molecule has 4 N–H and O–H groups in total. The molecule has 0 rings (SSSR count). The third-order valence-electron chi connectivity index (χ3n) is 8.97. The third-order valence-corrected chi connectivity index (χ3v) is 9.92. The molecule has 330 valence electrons. The van der Waals surface area contributed by atoms with Gasteiger partial charge in [0.25, 0.3) is 0 Å². The molecule has 0 saturated heterocycles. The number of hydrogen-bond donors (Lipinski definition) is 4. The molecule has 0 aromatic heterocycles. The molecule has 0 fully saturated rings. The summed E-state index contributed by atoms with van der Waals surface area (Å²) < 4.78 is 32.6. The Morgan fingerprint density at radius 2 is 1.12 bits per heavy atom. The Kier molecular flexibility index (Phi) is 37.5. The van der Waals surface area contributed by atoms with Gasteiger partial charge in [-0.05, 0) is 50.9 Å². The second-order valence-corrected chi connectivity index (χ2v) is 16.5. The molecular formula is C45H79O11P. The molecule has 0 radical (unpaired) electrons. The maximum absolute atomic E-state index is 12.6. The number of aliphatic hydroxyl groups excluding tert-OH is 3. The fraction of sp³-hybridized carbons (Fsp3) is 0.733. The van der Waals surface area contributed by atoms with E-state index in [1.807, 2.05) is 12.2 Å². The van der Waals surface area contributed by atoms with Gasteiger partial charge in [-0.2, -0.15) is 0 Å². The highest BCUT2D eigenvalue weighted by Gasteiger charge is 2.27. The van der Waals surface area contributed by atoms with Crippen LogP contribution >= 0.6 is 7.82 Å². The van der Waals surface area contributed by atoms with Crippen LogP contribution < -0.4 is 0 Å². The van der Waals surface area contributed by atoms with E-state index in [0.717, 1.165) is 50.9 Å². The molecule has 0 aliphatic heterocycles. The number of hydrogen-bond acceptors (Lipinski definition) is 10. The number of carbonyl (C=O) groups is 2. The largest absolute Gasteiger partial charge is 0.472 e. The summed E-state index contributed by atoms with van der Waals surface area (Å²) in [5.74, 6) is -0.323. The molecule has 0 aliphatic rings.